The molecule has 2 N–H and O–H groups in total. The van der Waals surface area contributed by atoms with Gasteiger partial charge >= 0.3 is 0 Å². The van der Waals surface area contributed by atoms with Crippen LogP contribution in [0.4, 0.5) is 0 Å². The molecule has 3 heteroatoms. The minimum absolute atomic E-state index is 0.298. The van der Waals surface area contributed by atoms with Crippen LogP contribution < -0.4 is 5.32 Å². The minimum Gasteiger partial charge on any atom is -0.508 e. The molecule has 0 spiro atoms. The second-order valence-corrected chi connectivity index (χ2v) is 3.79. The maximum Gasteiger partial charge on any atom is 0.121 e. The van der Waals surface area contributed by atoms with Gasteiger partial charge in [-0.2, -0.15) is 0 Å². The third-order valence-electron chi connectivity index (χ3n) is 2.43. The van der Waals surface area contributed by atoms with E-state index in [1.807, 2.05) is 12.1 Å². The Labute approximate surface area is 82.5 Å². The highest BCUT2D eigenvalue weighted by Crippen LogP contribution is 2.31. The van der Waals surface area contributed by atoms with Crippen LogP contribution in [0.2, 0.25) is 5.02 Å². The summed E-state index contributed by atoms with van der Waals surface area (Å²) in [6, 6.07) is 5.60. The molecule has 1 aromatic rings. The summed E-state index contributed by atoms with van der Waals surface area (Å²) in [6.07, 6.45) is 2.27. The lowest BCUT2D eigenvalue weighted by molar-refractivity contribution is 0.457. The Morgan fingerprint density at radius 1 is 1.46 bits per heavy atom. The molecule has 1 heterocycles. The minimum atomic E-state index is 0.298. The van der Waals surface area contributed by atoms with Gasteiger partial charge in [0.25, 0.3) is 0 Å². The van der Waals surface area contributed by atoms with Gasteiger partial charge in [0.2, 0.25) is 0 Å². The smallest absolute Gasteiger partial charge is 0.121 e. The number of phenols is 1. The lowest BCUT2D eigenvalue weighted by Gasteiger charge is -2.12. The second kappa shape index (κ2) is 3.56. The first-order valence-electron chi connectivity index (χ1n) is 4.49. The number of benzene rings is 1. The Balaban J connectivity index is 2.29. The van der Waals surface area contributed by atoms with Crippen molar-refractivity contribution in [3.05, 3.63) is 28.8 Å². The molecule has 1 fully saturated rings. The molecule has 1 saturated heterocycles. The van der Waals surface area contributed by atoms with E-state index in [4.69, 9.17) is 11.6 Å². The van der Waals surface area contributed by atoms with Gasteiger partial charge in [-0.25, -0.2) is 0 Å². The maximum absolute atomic E-state index is 9.63. The van der Waals surface area contributed by atoms with Crippen LogP contribution in [0.3, 0.4) is 0 Å². The molecule has 0 aliphatic carbocycles. The Hall–Kier alpha value is -0.730. The average molecular weight is 198 g/mol. The standard InChI is InChI=1S/C10H12ClNO/c11-7-3-4-8(10(13)6-7)9-2-1-5-12-9/h3-4,6,9,12-13H,1-2,5H2/t9-/m1/s1. The van der Waals surface area contributed by atoms with Gasteiger partial charge in [-0.05, 0) is 31.5 Å². The predicted octanol–water partition coefficient (Wildman–Crippen LogP) is 2.47. The molecule has 1 aromatic carbocycles. The number of hydrogen-bond donors (Lipinski definition) is 2. The average Bonchev–Trinajstić information content (AvgIpc) is 2.56. The Bertz CT molecular complexity index is 308. The van der Waals surface area contributed by atoms with Crippen LogP contribution >= 0.6 is 11.6 Å². The summed E-state index contributed by atoms with van der Waals surface area (Å²) >= 11 is 5.74. The molecule has 70 valence electrons. The van der Waals surface area contributed by atoms with E-state index in [1.165, 1.54) is 6.42 Å². The largest absolute Gasteiger partial charge is 0.508 e. The van der Waals surface area contributed by atoms with Crippen molar-refractivity contribution in [2.45, 2.75) is 18.9 Å². The molecule has 0 bridgehead atoms. The van der Waals surface area contributed by atoms with Crippen molar-refractivity contribution in [3.8, 4) is 5.75 Å². The van der Waals surface area contributed by atoms with Crippen LogP contribution in [-0.4, -0.2) is 11.7 Å². The number of phenolic OH excluding ortho intramolecular Hbond substituents is 1. The summed E-state index contributed by atoms with van der Waals surface area (Å²) in [5.41, 5.74) is 0.960. The van der Waals surface area contributed by atoms with Gasteiger partial charge in [0.1, 0.15) is 5.75 Å². The van der Waals surface area contributed by atoms with Crippen LogP contribution in [0.5, 0.6) is 5.75 Å². The lowest BCUT2D eigenvalue weighted by atomic mass is 10.0. The Morgan fingerprint density at radius 2 is 2.31 bits per heavy atom. The normalized spacial score (nSPS) is 22.1. The molecule has 2 rings (SSSR count). The van der Waals surface area contributed by atoms with Crippen LogP contribution in [0.25, 0.3) is 0 Å². The maximum atomic E-state index is 9.63. The first kappa shape index (κ1) is 8.85. The highest BCUT2D eigenvalue weighted by Gasteiger charge is 2.18. The van der Waals surface area contributed by atoms with Crippen molar-refractivity contribution in [2.24, 2.45) is 0 Å². The molecule has 1 aliphatic heterocycles. The van der Waals surface area contributed by atoms with Crippen LogP contribution in [0.15, 0.2) is 18.2 Å². The topological polar surface area (TPSA) is 32.3 Å². The summed E-state index contributed by atoms with van der Waals surface area (Å²) in [4.78, 5) is 0. The van der Waals surface area contributed by atoms with Crippen LogP contribution in [0, 0.1) is 0 Å². The van der Waals surface area contributed by atoms with Gasteiger partial charge in [0, 0.05) is 16.6 Å². The van der Waals surface area contributed by atoms with E-state index in [1.54, 1.807) is 6.07 Å². The fraction of sp³-hybridized carbons (Fsp3) is 0.400. The monoisotopic (exact) mass is 197 g/mol. The molecule has 0 amide bonds. The quantitative estimate of drug-likeness (QED) is 0.725. The zero-order chi connectivity index (χ0) is 9.26. The lowest BCUT2D eigenvalue weighted by Crippen LogP contribution is -2.12. The van der Waals surface area contributed by atoms with Crippen molar-refractivity contribution in [1.29, 1.82) is 0 Å². The Morgan fingerprint density at radius 3 is 2.92 bits per heavy atom. The molecule has 0 saturated carbocycles. The highest BCUT2D eigenvalue weighted by atomic mass is 35.5. The number of nitrogens with one attached hydrogen (secondary N) is 1. The molecule has 13 heavy (non-hydrogen) atoms. The number of hydrogen-bond acceptors (Lipinski definition) is 2. The third kappa shape index (κ3) is 1.79. The summed E-state index contributed by atoms with van der Waals surface area (Å²) in [5.74, 6) is 0.298. The van der Waals surface area contributed by atoms with Gasteiger partial charge in [0.15, 0.2) is 0 Å². The summed E-state index contributed by atoms with van der Waals surface area (Å²) in [6.45, 7) is 1.03. The van der Waals surface area contributed by atoms with Crippen molar-refractivity contribution >= 4 is 11.6 Å². The fourth-order valence-electron chi connectivity index (χ4n) is 1.76. The summed E-state index contributed by atoms with van der Waals surface area (Å²) in [5, 5.41) is 13.5. The molecule has 0 radical (unpaired) electrons. The van der Waals surface area contributed by atoms with Gasteiger partial charge in [-0.3, -0.25) is 0 Å². The first-order chi connectivity index (χ1) is 6.27. The molecule has 0 unspecified atom stereocenters. The SMILES string of the molecule is Oc1cc(Cl)ccc1[C@H]1CCCN1. The van der Waals surface area contributed by atoms with Gasteiger partial charge in [-0.15, -0.1) is 0 Å². The zero-order valence-electron chi connectivity index (χ0n) is 7.26. The van der Waals surface area contributed by atoms with E-state index in [2.05, 4.69) is 5.32 Å². The molecule has 0 aromatic heterocycles. The van der Waals surface area contributed by atoms with E-state index < -0.39 is 0 Å². The van der Waals surface area contributed by atoms with Crippen LogP contribution in [0.1, 0.15) is 24.4 Å². The molecular formula is C10H12ClNO. The van der Waals surface area contributed by atoms with Crippen molar-refractivity contribution < 1.29 is 5.11 Å². The molecule has 1 atom stereocenters. The van der Waals surface area contributed by atoms with Crippen molar-refractivity contribution in [2.75, 3.05) is 6.54 Å². The molecule has 2 nitrogen and oxygen atoms in total. The van der Waals surface area contributed by atoms with Gasteiger partial charge in [0.05, 0.1) is 0 Å². The number of aromatic hydroxyl groups is 1. The van der Waals surface area contributed by atoms with Crippen molar-refractivity contribution in [1.82, 2.24) is 5.32 Å². The van der Waals surface area contributed by atoms with Crippen molar-refractivity contribution in [3.63, 3.8) is 0 Å². The van der Waals surface area contributed by atoms with Gasteiger partial charge < -0.3 is 10.4 Å². The summed E-state index contributed by atoms with van der Waals surface area (Å²) < 4.78 is 0. The van der Waals surface area contributed by atoms with E-state index in [-0.39, 0.29) is 0 Å². The summed E-state index contributed by atoms with van der Waals surface area (Å²) in [7, 11) is 0. The van der Waals surface area contributed by atoms with E-state index in [0.29, 0.717) is 16.8 Å². The number of halogens is 1. The third-order valence-corrected chi connectivity index (χ3v) is 2.66. The number of rotatable bonds is 1. The van der Waals surface area contributed by atoms with Crippen LogP contribution in [-0.2, 0) is 0 Å². The Kier molecular flexibility index (Phi) is 2.42. The predicted molar refractivity (Wildman–Crippen MR) is 53.1 cm³/mol. The van der Waals surface area contributed by atoms with E-state index in [0.717, 1.165) is 18.5 Å². The highest BCUT2D eigenvalue weighted by molar-refractivity contribution is 6.30. The molecular weight excluding hydrogens is 186 g/mol. The van der Waals surface area contributed by atoms with E-state index in [9.17, 15) is 5.11 Å². The van der Waals surface area contributed by atoms with E-state index >= 15 is 0 Å². The first-order valence-corrected chi connectivity index (χ1v) is 4.87. The fourth-order valence-corrected chi connectivity index (χ4v) is 1.93. The zero-order valence-corrected chi connectivity index (χ0v) is 8.01. The second-order valence-electron chi connectivity index (χ2n) is 3.35. The molecule has 1 aliphatic rings. The van der Waals surface area contributed by atoms with Gasteiger partial charge in [-0.1, -0.05) is 17.7 Å².